The van der Waals surface area contributed by atoms with E-state index in [0.717, 1.165) is 0 Å². The van der Waals surface area contributed by atoms with Crippen LogP contribution >= 0.6 is 0 Å². The van der Waals surface area contributed by atoms with Crippen LogP contribution in [0.1, 0.15) is 5.76 Å². The second-order valence-electron chi connectivity index (χ2n) is 4.47. The number of aromatic nitrogens is 3. The molecule has 0 saturated carbocycles. The Kier molecular flexibility index (Phi) is 4.09. The van der Waals surface area contributed by atoms with Crippen molar-refractivity contribution in [2.45, 2.75) is 6.54 Å². The van der Waals surface area contributed by atoms with Crippen LogP contribution in [0.15, 0.2) is 53.7 Å². The van der Waals surface area contributed by atoms with Crippen molar-refractivity contribution in [3.63, 3.8) is 0 Å². The van der Waals surface area contributed by atoms with Gasteiger partial charge in [-0.1, -0.05) is 0 Å². The van der Waals surface area contributed by atoms with Crippen LogP contribution in [0.5, 0.6) is 0 Å². The van der Waals surface area contributed by atoms with E-state index >= 15 is 0 Å². The van der Waals surface area contributed by atoms with Gasteiger partial charge in [0, 0.05) is 18.1 Å². The van der Waals surface area contributed by atoms with E-state index in [1.165, 1.54) is 12.6 Å². The molecule has 0 aliphatic carbocycles. The number of hydrogen-bond donors (Lipinski definition) is 2. The van der Waals surface area contributed by atoms with Gasteiger partial charge in [0.25, 0.3) is 0 Å². The van der Waals surface area contributed by atoms with Gasteiger partial charge < -0.3 is 15.1 Å². The van der Waals surface area contributed by atoms with Gasteiger partial charge in [-0.15, -0.1) is 0 Å². The van der Waals surface area contributed by atoms with Gasteiger partial charge in [0.05, 0.1) is 17.7 Å². The molecule has 0 unspecified atom stereocenters. The van der Waals surface area contributed by atoms with Crippen LogP contribution in [0.25, 0.3) is 0 Å². The third-order valence-corrected chi connectivity index (χ3v) is 2.96. The Labute approximate surface area is 130 Å². The predicted molar refractivity (Wildman–Crippen MR) is 82.2 cm³/mol. The smallest absolute Gasteiger partial charge is 0.353 e. The van der Waals surface area contributed by atoms with Gasteiger partial charge in [-0.05, 0) is 24.3 Å². The standard InChI is InChI=1S/C14H12N6O3/c21-20(22)12-13(16-8-11-2-1-7-23-11)17-9-18-14(12)19-10-3-5-15-6-4-10/h1-7,9H,8H2,(H2,15,16,17,18,19). The number of nitrogens with one attached hydrogen (secondary N) is 2. The van der Waals surface area contributed by atoms with E-state index in [-0.39, 0.29) is 23.9 Å². The Bertz CT molecular complexity index is 792. The highest BCUT2D eigenvalue weighted by Crippen LogP contribution is 2.31. The molecule has 9 nitrogen and oxygen atoms in total. The fourth-order valence-corrected chi connectivity index (χ4v) is 1.93. The molecule has 9 heteroatoms. The van der Waals surface area contributed by atoms with Gasteiger partial charge in [-0.25, -0.2) is 9.97 Å². The molecule has 0 atom stereocenters. The maximum Gasteiger partial charge on any atom is 0.353 e. The summed E-state index contributed by atoms with van der Waals surface area (Å²) in [4.78, 5) is 22.7. The van der Waals surface area contributed by atoms with Crippen molar-refractivity contribution in [2.75, 3.05) is 10.6 Å². The molecular weight excluding hydrogens is 300 g/mol. The highest BCUT2D eigenvalue weighted by molar-refractivity contribution is 5.73. The number of pyridine rings is 1. The lowest BCUT2D eigenvalue weighted by atomic mass is 10.3. The summed E-state index contributed by atoms with van der Waals surface area (Å²) in [5.41, 5.74) is 0.398. The third-order valence-electron chi connectivity index (χ3n) is 2.96. The maximum absolute atomic E-state index is 11.4. The Morgan fingerprint density at radius 1 is 1.17 bits per heavy atom. The Balaban J connectivity index is 1.87. The molecule has 3 aromatic heterocycles. The zero-order valence-corrected chi connectivity index (χ0v) is 11.8. The topological polar surface area (TPSA) is 119 Å². The van der Waals surface area contributed by atoms with Crippen LogP contribution in [0.2, 0.25) is 0 Å². The van der Waals surface area contributed by atoms with Crippen molar-refractivity contribution in [1.82, 2.24) is 15.0 Å². The number of rotatable bonds is 6. The van der Waals surface area contributed by atoms with Gasteiger partial charge in [-0.2, -0.15) is 0 Å². The van der Waals surface area contributed by atoms with Crippen molar-refractivity contribution < 1.29 is 9.34 Å². The first-order chi connectivity index (χ1) is 11.2. The number of furan rings is 1. The zero-order chi connectivity index (χ0) is 16.1. The monoisotopic (exact) mass is 312 g/mol. The lowest BCUT2D eigenvalue weighted by Gasteiger charge is -2.09. The van der Waals surface area contributed by atoms with E-state index in [4.69, 9.17) is 4.42 Å². The molecule has 23 heavy (non-hydrogen) atoms. The van der Waals surface area contributed by atoms with E-state index in [0.29, 0.717) is 11.4 Å². The SMILES string of the molecule is O=[N+]([O-])c1c(NCc2ccco2)ncnc1Nc1ccncc1. The molecule has 0 fully saturated rings. The molecule has 3 heterocycles. The van der Waals surface area contributed by atoms with Crippen LogP contribution in [0.4, 0.5) is 23.0 Å². The number of anilines is 3. The van der Waals surface area contributed by atoms with Gasteiger partial charge in [0.1, 0.15) is 12.1 Å². The second kappa shape index (κ2) is 6.52. The normalized spacial score (nSPS) is 10.3. The van der Waals surface area contributed by atoms with Crippen LogP contribution in [0.3, 0.4) is 0 Å². The highest BCUT2D eigenvalue weighted by Gasteiger charge is 2.23. The minimum absolute atomic E-state index is 0.0955. The highest BCUT2D eigenvalue weighted by atomic mass is 16.6. The summed E-state index contributed by atoms with van der Waals surface area (Å²) in [5, 5.41) is 17.2. The zero-order valence-electron chi connectivity index (χ0n) is 11.8. The summed E-state index contributed by atoms with van der Waals surface area (Å²) >= 11 is 0. The second-order valence-corrected chi connectivity index (χ2v) is 4.47. The molecule has 0 aromatic carbocycles. The first-order valence-corrected chi connectivity index (χ1v) is 6.67. The van der Waals surface area contributed by atoms with E-state index in [2.05, 4.69) is 25.6 Å². The van der Waals surface area contributed by atoms with Crippen LogP contribution in [0, 0.1) is 10.1 Å². The molecule has 2 N–H and O–H groups in total. The Hall–Kier alpha value is -3.49. The van der Waals surface area contributed by atoms with Gasteiger partial charge in [0.15, 0.2) is 0 Å². The minimum atomic E-state index is -0.534. The fourth-order valence-electron chi connectivity index (χ4n) is 1.93. The Morgan fingerprint density at radius 2 is 1.96 bits per heavy atom. The average Bonchev–Trinajstić information content (AvgIpc) is 3.07. The summed E-state index contributed by atoms with van der Waals surface area (Å²) in [5.74, 6) is 0.845. The third kappa shape index (κ3) is 3.40. The summed E-state index contributed by atoms with van der Waals surface area (Å²) in [7, 11) is 0. The van der Waals surface area contributed by atoms with Crippen molar-refractivity contribution in [3.05, 3.63) is 65.1 Å². The molecular formula is C14H12N6O3. The maximum atomic E-state index is 11.4. The summed E-state index contributed by atoms with van der Waals surface area (Å²) in [6.45, 7) is 0.277. The molecule has 3 aromatic rings. The first-order valence-electron chi connectivity index (χ1n) is 6.67. The van der Waals surface area contributed by atoms with Crippen molar-refractivity contribution in [1.29, 1.82) is 0 Å². The molecule has 0 saturated heterocycles. The van der Waals surface area contributed by atoms with E-state index in [1.54, 1.807) is 36.7 Å². The quantitative estimate of drug-likeness (QED) is 0.526. The molecule has 0 amide bonds. The molecule has 0 spiro atoms. The fraction of sp³-hybridized carbons (Fsp3) is 0.0714. The summed E-state index contributed by atoms with van der Waals surface area (Å²) in [6, 6.07) is 6.86. The molecule has 116 valence electrons. The minimum Gasteiger partial charge on any atom is -0.467 e. The van der Waals surface area contributed by atoms with E-state index in [1.807, 2.05) is 0 Å². The van der Waals surface area contributed by atoms with Crippen LogP contribution in [-0.4, -0.2) is 19.9 Å². The van der Waals surface area contributed by atoms with E-state index in [9.17, 15) is 10.1 Å². The molecule has 0 bridgehead atoms. The predicted octanol–water partition coefficient (Wildman–Crippen LogP) is 2.73. The largest absolute Gasteiger partial charge is 0.467 e. The lowest BCUT2D eigenvalue weighted by Crippen LogP contribution is -2.08. The lowest BCUT2D eigenvalue weighted by molar-refractivity contribution is -0.383. The van der Waals surface area contributed by atoms with Gasteiger partial charge in [-0.3, -0.25) is 15.1 Å². The summed E-state index contributed by atoms with van der Waals surface area (Å²) < 4.78 is 5.18. The molecule has 0 aliphatic rings. The van der Waals surface area contributed by atoms with Gasteiger partial charge >= 0.3 is 5.69 Å². The first kappa shape index (κ1) is 14.4. The summed E-state index contributed by atoms with van der Waals surface area (Å²) in [6.07, 6.45) is 5.93. The number of nitrogens with zero attached hydrogens (tertiary/aromatic N) is 4. The van der Waals surface area contributed by atoms with Crippen molar-refractivity contribution >= 4 is 23.0 Å². The average molecular weight is 312 g/mol. The van der Waals surface area contributed by atoms with Crippen molar-refractivity contribution in [2.24, 2.45) is 0 Å². The number of nitro groups is 1. The molecule has 0 aliphatic heterocycles. The van der Waals surface area contributed by atoms with Gasteiger partial charge in [0.2, 0.25) is 11.6 Å². The van der Waals surface area contributed by atoms with Crippen LogP contribution < -0.4 is 10.6 Å². The Morgan fingerprint density at radius 3 is 2.65 bits per heavy atom. The number of hydrogen-bond acceptors (Lipinski definition) is 8. The molecule has 3 rings (SSSR count). The molecule has 0 radical (unpaired) electrons. The van der Waals surface area contributed by atoms with E-state index < -0.39 is 4.92 Å². The van der Waals surface area contributed by atoms with Crippen molar-refractivity contribution in [3.8, 4) is 0 Å². The van der Waals surface area contributed by atoms with Crippen LogP contribution in [-0.2, 0) is 6.54 Å².